The number of pyridine rings is 2. The molecule has 4 heterocycles. The molecule has 60 heavy (non-hydrogen) atoms. The van der Waals surface area contributed by atoms with Crippen molar-refractivity contribution in [3.05, 3.63) is 218 Å². The fourth-order valence-electron chi connectivity index (χ4n) is 8.74. The van der Waals surface area contributed by atoms with Crippen molar-refractivity contribution in [2.24, 2.45) is 0 Å². The monoisotopic (exact) mass is 770 g/mol. The van der Waals surface area contributed by atoms with E-state index in [9.17, 15) is 0 Å². The first-order valence-corrected chi connectivity index (χ1v) is 19.9. The third kappa shape index (κ3) is 5.73. The number of hydrogen-bond donors (Lipinski definition) is 0. The summed E-state index contributed by atoms with van der Waals surface area (Å²) in [5.41, 5.74) is 13.4. The Morgan fingerprint density at radius 2 is 0.817 bits per heavy atom. The van der Waals surface area contributed by atoms with E-state index < -0.39 is 0 Å². The second-order valence-corrected chi connectivity index (χ2v) is 14.9. The molecule has 6 heteroatoms. The minimum absolute atomic E-state index is 0.361. The van der Waals surface area contributed by atoms with Crippen LogP contribution in [0, 0.1) is 0 Å². The normalized spacial score (nSPS) is 12.4. The molecule has 2 amide bonds. The molecule has 0 atom stereocenters. The van der Waals surface area contributed by atoms with E-state index in [1.807, 2.05) is 115 Å². The zero-order valence-electron chi connectivity index (χ0n) is 32.2. The lowest BCUT2D eigenvalue weighted by atomic mass is 9.90. The van der Waals surface area contributed by atoms with Gasteiger partial charge in [-0.05, 0) is 117 Å². The van der Waals surface area contributed by atoms with Gasteiger partial charge in [0.15, 0.2) is 0 Å². The molecular formula is C54H34N4O2. The van der Waals surface area contributed by atoms with E-state index in [0.29, 0.717) is 22.5 Å². The number of carbonyl (C=O) groups excluding carboxylic acids is 2. The van der Waals surface area contributed by atoms with Crippen molar-refractivity contribution in [3.63, 3.8) is 0 Å². The number of anilines is 1. The molecule has 0 saturated heterocycles. The minimum atomic E-state index is -0.371. The average Bonchev–Trinajstić information content (AvgIpc) is 3.78. The summed E-state index contributed by atoms with van der Waals surface area (Å²) in [6.07, 6.45) is 7.20. The molecule has 0 fully saturated rings. The molecule has 0 unspecified atom stereocenters. The van der Waals surface area contributed by atoms with E-state index in [1.165, 1.54) is 4.90 Å². The molecule has 0 bridgehead atoms. The van der Waals surface area contributed by atoms with Gasteiger partial charge in [0, 0.05) is 46.7 Å². The number of nitrogens with zero attached hydrogens (tertiary/aromatic N) is 4. The first-order chi connectivity index (χ1) is 29.6. The van der Waals surface area contributed by atoms with E-state index in [4.69, 9.17) is 0 Å². The summed E-state index contributed by atoms with van der Waals surface area (Å²) in [5.74, 6) is -0.733. The number of aromatic nitrogens is 3. The summed E-state index contributed by atoms with van der Waals surface area (Å²) in [4.78, 5) is 40.4. The molecule has 0 spiro atoms. The van der Waals surface area contributed by atoms with Gasteiger partial charge >= 0.3 is 0 Å². The van der Waals surface area contributed by atoms with Gasteiger partial charge in [0.05, 0.1) is 33.5 Å². The third-order valence-electron chi connectivity index (χ3n) is 11.5. The van der Waals surface area contributed by atoms with Crippen molar-refractivity contribution >= 4 is 39.3 Å². The van der Waals surface area contributed by atoms with Gasteiger partial charge in [0.25, 0.3) is 11.8 Å². The topological polar surface area (TPSA) is 68.1 Å². The van der Waals surface area contributed by atoms with Crippen LogP contribution in [0.25, 0.3) is 83.1 Å². The van der Waals surface area contributed by atoms with Crippen molar-refractivity contribution < 1.29 is 9.59 Å². The Kier molecular flexibility index (Phi) is 8.34. The second kappa shape index (κ2) is 14.3. The first kappa shape index (κ1) is 35.0. The quantitative estimate of drug-likeness (QED) is 0.151. The van der Waals surface area contributed by atoms with Crippen LogP contribution in [0.5, 0.6) is 0 Å². The van der Waals surface area contributed by atoms with Crippen LogP contribution < -0.4 is 4.90 Å². The Hall–Kier alpha value is -8.22. The number of fused-ring (bicyclic) bond motifs is 4. The zero-order chi connectivity index (χ0) is 40.2. The Morgan fingerprint density at radius 3 is 1.32 bits per heavy atom. The summed E-state index contributed by atoms with van der Waals surface area (Å²) in [7, 11) is 0. The molecular weight excluding hydrogens is 737 g/mol. The van der Waals surface area contributed by atoms with Gasteiger partial charge < -0.3 is 4.57 Å². The molecule has 282 valence electrons. The van der Waals surface area contributed by atoms with Crippen molar-refractivity contribution in [1.29, 1.82) is 0 Å². The van der Waals surface area contributed by atoms with Crippen LogP contribution in [0.2, 0.25) is 0 Å². The maximum atomic E-state index is 15.5. The average molecular weight is 771 g/mol. The Balaban J connectivity index is 1.15. The molecule has 6 nitrogen and oxygen atoms in total. The van der Waals surface area contributed by atoms with Crippen LogP contribution in [0.4, 0.5) is 5.69 Å². The molecule has 1 aliphatic rings. The van der Waals surface area contributed by atoms with Gasteiger partial charge in [-0.15, -0.1) is 0 Å². The maximum absolute atomic E-state index is 15.5. The lowest BCUT2D eigenvalue weighted by Gasteiger charge is -2.24. The summed E-state index contributed by atoms with van der Waals surface area (Å²) in [5, 5.41) is 2.05. The van der Waals surface area contributed by atoms with Crippen molar-refractivity contribution in [1.82, 2.24) is 14.5 Å². The van der Waals surface area contributed by atoms with Gasteiger partial charge in [0.1, 0.15) is 0 Å². The fourth-order valence-corrected chi connectivity index (χ4v) is 8.74. The van der Waals surface area contributed by atoms with Crippen molar-refractivity contribution in [3.8, 4) is 61.3 Å². The van der Waals surface area contributed by atoms with Crippen LogP contribution in [0.15, 0.2) is 207 Å². The molecule has 11 rings (SSSR count). The molecule has 0 saturated carbocycles. The van der Waals surface area contributed by atoms with E-state index in [0.717, 1.165) is 77.4 Å². The molecule has 10 aromatic rings. The molecule has 0 radical (unpaired) electrons. The van der Waals surface area contributed by atoms with Gasteiger partial charge in [-0.3, -0.25) is 19.6 Å². The van der Waals surface area contributed by atoms with Crippen LogP contribution in [0.3, 0.4) is 0 Å². The van der Waals surface area contributed by atoms with Crippen LogP contribution >= 0.6 is 0 Å². The standard InChI is InChI=1S/C54H34N4O2/c59-53-43-17-10-18-50(57-48-21-19-40(36-23-27-55-28-24-36)31-46(48)47-32-41(20-22-49(47)57)37-25-29-56-30-26-37)51(43)54(60)58(53)52-44(38-13-6-2-7-14-38)33-42(35-11-4-1-5-12-35)34-45(52)39-15-8-3-9-16-39/h1-34H. The Morgan fingerprint density at radius 1 is 0.350 bits per heavy atom. The van der Waals surface area contributed by atoms with E-state index in [1.54, 1.807) is 30.9 Å². The number of imide groups is 1. The highest BCUT2D eigenvalue weighted by Gasteiger charge is 2.41. The van der Waals surface area contributed by atoms with Crippen LogP contribution in [-0.4, -0.2) is 26.3 Å². The van der Waals surface area contributed by atoms with E-state index in [2.05, 4.69) is 75.2 Å². The largest absolute Gasteiger partial charge is 0.308 e. The van der Waals surface area contributed by atoms with Crippen LogP contribution in [0.1, 0.15) is 20.7 Å². The highest BCUT2D eigenvalue weighted by Crippen LogP contribution is 2.47. The van der Waals surface area contributed by atoms with Gasteiger partial charge in [-0.1, -0.05) is 109 Å². The van der Waals surface area contributed by atoms with Gasteiger partial charge in [0.2, 0.25) is 0 Å². The summed E-state index contributed by atoms with van der Waals surface area (Å²) in [6.45, 7) is 0. The molecule has 0 N–H and O–H groups in total. The van der Waals surface area contributed by atoms with Crippen molar-refractivity contribution in [2.45, 2.75) is 0 Å². The molecule has 0 aliphatic carbocycles. The summed E-state index contributed by atoms with van der Waals surface area (Å²) in [6, 6.07) is 60.9. The Bertz CT molecular complexity index is 3120. The molecule has 1 aliphatic heterocycles. The number of amides is 2. The zero-order valence-corrected chi connectivity index (χ0v) is 32.2. The minimum Gasteiger partial charge on any atom is -0.308 e. The number of hydrogen-bond acceptors (Lipinski definition) is 4. The predicted octanol–water partition coefficient (Wildman–Crippen LogP) is 12.7. The highest BCUT2D eigenvalue weighted by atomic mass is 16.2. The van der Waals surface area contributed by atoms with Gasteiger partial charge in [-0.25, -0.2) is 4.90 Å². The smallest absolute Gasteiger partial charge is 0.268 e. The number of rotatable bonds is 7. The summed E-state index contributed by atoms with van der Waals surface area (Å²) >= 11 is 0. The maximum Gasteiger partial charge on any atom is 0.268 e. The van der Waals surface area contributed by atoms with Gasteiger partial charge in [-0.2, -0.15) is 0 Å². The highest BCUT2D eigenvalue weighted by molar-refractivity contribution is 6.37. The number of carbonyl (C=O) groups is 2. The second-order valence-electron chi connectivity index (χ2n) is 14.9. The fraction of sp³-hybridized carbons (Fsp3) is 0. The SMILES string of the molecule is O=C1c2cccc(-n3c4ccc(-c5ccncc5)cc4c4cc(-c5ccncc5)ccc43)c2C(=O)N1c1c(-c2ccccc2)cc(-c2ccccc2)cc1-c1ccccc1. The van der Waals surface area contributed by atoms with E-state index >= 15 is 9.59 Å². The summed E-state index contributed by atoms with van der Waals surface area (Å²) < 4.78 is 2.14. The lowest BCUT2D eigenvalue weighted by molar-refractivity contribution is 0.0926. The number of benzene rings is 7. The first-order valence-electron chi connectivity index (χ1n) is 19.9. The molecule has 3 aromatic heterocycles. The Labute approximate surface area is 346 Å². The third-order valence-corrected chi connectivity index (χ3v) is 11.5. The predicted molar refractivity (Wildman–Crippen MR) is 241 cm³/mol. The van der Waals surface area contributed by atoms with Crippen LogP contribution in [-0.2, 0) is 0 Å². The van der Waals surface area contributed by atoms with Crippen molar-refractivity contribution in [2.75, 3.05) is 4.90 Å². The molecule has 7 aromatic carbocycles. The van der Waals surface area contributed by atoms with E-state index in [-0.39, 0.29) is 11.8 Å². The lowest BCUT2D eigenvalue weighted by Crippen LogP contribution is -2.30.